The smallest absolute Gasteiger partial charge is 0.0460 e. The van der Waals surface area contributed by atoms with Crippen LogP contribution in [0.25, 0.3) is 10.8 Å². The summed E-state index contributed by atoms with van der Waals surface area (Å²) < 4.78 is 0. The van der Waals surface area contributed by atoms with Gasteiger partial charge in [-0.15, -0.1) is 0 Å². The number of likely N-dealkylation sites (N-methyl/N-ethyl adjacent to an activating group) is 1. The molecule has 0 radical (unpaired) electrons. The zero-order chi connectivity index (χ0) is 14.8. The summed E-state index contributed by atoms with van der Waals surface area (Å²) in [6.45, 7) is 10.6. The van der Waals surface area contributed by atoms with Crippen molar-refractivity contribution in [1.29, 1.82) is 0 Å². The number of benzene rings is 2. The number of nitrogens with two attached hydrogens (primary N) is 1. The van der Waals surface area contributed by atoms with Crippen molar-refractivity contribution in [3.8, 4) is 0 Å². The van der Waals surface area contributed by atoms with Crippen LogP contribution in [0.4, 0.5) is 5.69 Å². The van der Waals surface area contributed by atoms with E-state index in [2.05, 4.69) is 75.1 Å². The van der Waals surface area contributed by atoms with Crippen molar-refractivity contribution in [2.75, 3.05) is 18.0 Å². The average Bonchev–Trinajstić information content (AvgIpc) is 2.42. The Labute approximate surface area is 122 Å². The highest BCUT2D eigenvalue weighted by atomic mass is 15.2. The van der Waals surface area contributed by atoms with Crippen LogP contribution in [0.2, 0.25) is 0 Å². The minimum atomic E-state index is 0.154. The molecular weight excluding hydrogens is 244 g/mol. The van der Waals surface area contributed by atoms with Gasteiger partial charge in [-0.3, -0.25) is 0 Å². The summed E-state index contributed by atoms with van der Waals surface area (Å²) in [6, 6.07) is 15.4. The molecule has 0 heterocycles. The van der Waals surface area contributed by atoms with Crippen molar-refractivity contribution in [1.82, 2.24) is 0 Å². The van der Waals surface area contributed by atoms with Crippen LogP contribution >= 0.6 is 0 Å². The third-order valence-corrected chi connectivity index (χ3v) is 4.02. The van der Waals surface area contributed by atoms with Gasteiger partial charge >= 0.3 is 0 Å². The summed E-state index contributed by atoms with van der Waals surface area (Å²) in [7, 11) is 0. The van der Waals surface area contributed by atoms with E-state index in [-0.39, 0.29) is 5.41 Å². The van der Waals surface area contributed by atoms with Gasteiger partial charge < -0.3 is 10.6 Å². The predicted octanol–water partition coefficient (Wildman–Crippen LogP) is 4.04. The highest BCUT2D eigenvalue weighted by Gasteiger charge is 2.29. The molecule has 0 saturated carbocycles. The lowest BCUT2D eigenvalue weighted by Crippen LogP contribution is -2.49. The van der Waals surface area contributed by atoms with Crippen LogP contribution in [0.5, 0.6) is 0 Å². The molecule has 2 N–H and O–H groups in total. The molecule has 0 aliphatic heterocycles. The lowest BCUT2D eigenvalue weighted by Gasteiger charge is -2.41. The summed E-state index contributed by atoms with van der Waals surface area (Å²) in [5.74, 6) is 0. The number of hydrogen-bond donors (Lipinski definition) is 1. The topological polar surface area (TPSA) is 29.3 Å². The van der Waals surface area contributed by atoms with Gasteiger partial charge in [0.05, 0.1) is 0 Å². The molecule has 108 valence electrons. The lowest BCUT2D eigenvalue weighted by atomic mass is 9.85. The van der Waals surface area contributed by atoms with E-state index in [4.69, 9.17) is 5.73 Å². The minimum Gasteiger partial charge on any atom is -0.367 e. The normalized spacial score (nSPS) is 13.4. The molecule has 20 heavy (non-hydrogen) atoms. The molecule has 2 nitrogen and oxygen atoms in total. The maximum Gasteiger partial charge on any atom is 0.0460 e. The van der Waals surface area contributed by atoms with Gasteiger partial charge in [0.2, 0.25) is 0 Å². The molecule has 2 aromatic carbocycles. The van der Waals surface area contributed by atoms with Gasteiger partial charge in [0.1, 0.15) is 0 Å². The van der Waals surface area contributed by atoms with Gasteiger partial charge in [0.25, 0.3) is 0 Å². The maximum absolute atomic E-state index is 6.08. The molecule has 0 spiro atoms. The quantitative estimate of drug-likeness (QED) is 0.908. The average molecular weight is 270 g/mol. The van der Waals surface area contributed by atoms with Crippen molar-refractivity contribution in [3.05, 3.63) is 42.5 Å². The molecule has 2 rings (SSSR count). The standard InChI is InChI=1S/C18H26N2/c1-5-20(17(13-19)18(2,3)4)16-12-8-10-14-9-6-7-11-15(14)16/h6-12,17H,5,13,19H2,1-4H3. The Bertz CT molecular complexity index is 564. The third-order valence-electron chi connectivity index (χ3n) is 4.02. The minimum absolute atomic E-state index is 0.154. The molecule has 0 saturated heterocycles. The van der Waals surface area contributed by atoms with Gasteiger partial charge in [-0.1, -0.05) is 57.2 Å². The van der Waals surface area contributed by atoms with E-state index in [9.17, 15) is 0 Å². The Morgan fingerprint density at radius 2 is 1.70 bits per heavy atom. The fourth-order valence-electron chi connectivity index (χ4n) is 2.97. The molecular formula is C18H26N2. The third kappa shape index (κ3) is 2.80. The first-order valence-electron chi connectivity index (χ1n) is 7.43. The molecule has 1 atom stereocenters. The van der Waals surface area contributed by atoms with E-state index in [1.165, 1.54) is 16.5 Å². The summed E-state index contributed by atoms with van der Waals surface area (Å²) >= 11 is 0. The summed E-state index contributed by atoms with van der Waals surface area (Å²) in [5.41, 5.74) is 7.52. The Morgan fingerprint density at radius 3 is 2.30 bits per heavy atom. The van der Waals surface area contributed by atoms with Gasteiger partial charge in [-0.2, -0.15) is 0 Å². The first-order chi connectivity index (χ1) is 9.49. The van der Waals surface area contributed by atoms with Crippen LogP contribution in [0.15, 0.2) is 42.5 Å². The van der Waals surface area contributed by atoms with E-state index in [0.29, 0.717) is 12.6 Å². The molecule has 1 unspecified atom stereocenters. The highest BCUT2D eigenvalue weighted by molar-refractivity contribution is 5.94. The van der Waals surface area contributed by atoms with Crippen LogP contribution < -0.4 is 10.6 Å². The van der Waals surface area contributed by atoms with Crippen LogP contribution in [0, 0.1) is 5.41 Å². The van der Waals surface area contributed by atoms with Crippen LogP contribution in [0.3, 0.4) is 0 Å². The summed E-state index contributed by atoms with van der Waals surface area (Å²) in [6.07, 6.45) is 0. The Morgan fingerprint density at radius 1 is 1.05 bits per heavy atom. The van der Waals surface area contributed by atoms with Crippen molar-refractivity contribution in [2.45, 2.75) is 33.7 Å². The molecule has 0 aliphatic rings. The molecule has 2 heteroatoms. The van der Waals surface area contributed by atoms with E-state index >= 15 is 0 Å². The van der Waals surface area contributed by atoms with Crippen molar-refractivity contribution < 1.29 is 0 Å². The Hall–Kier alpha value is -1.54. The second-order valence-corrected chi connectivity index (χ2v) is 6.40. The molecule has 0 amide bonds. The number of hydrogen-bond acceptors (Lipinski definition) is 2. The van der Waals surface area contributed by atoms with Gasteiger partial charge in [0, 0.05) is 30.2 Å². The fourth-order valence-corrected chi connectivity index (χ4v) is 2.97. The monoisotopic (exact) mass is 270 g/mol. The van der Waals surface area contributed by atoms with Crippen molar-refractivity contribution in [3.63, 3.8) is 0 Å². The zero-order valence-corrected chi connectivity index (χ0v) is 13.1. The fraction of sp³-hybridized carbons (Fsp3) is 0.444. The first kappa shape index (κ1) is 14.9. The van der Waals surface area contributed by atoms with Crippen LogP contribution in [-0.2, 0) is 0 Å². The summed E-state index contributed by atoms with van der Waals surface area (Å²) in [4.78, 5) is 2.45. The zero-order valence-electron chi connectivity index (χ0n) is 13.1. The molecule has 0 fully saturated rings. The number of nitrogens with zero attached hydrogens (tertiary/aromatic N) is 1. The van der Waals surface area contributed by atoms with E-state index in [1.54, 1.807) is 0 Å². The Balaban J connectivity index is 2.54. The lowest BCUT2D eigenvalue weighted by molar-refractivity contribution is 0.310. The SMILES string of the molecule is CCN(c1cccc2ccccc12)C(CN)C(C)(C)C. The van der Waals surface area contributed by atoms with Crippen molar-refractivity contribution in [2.24, 2.45) is 11.1 Å². The van der Waals surface area contributed by atoms with Crippen LogP contribution in [0.1, 0.15) is 27.7 Å². The van der Waals surface area contributed by atoms with Gasteiger partial charge in [-0.25, -0.2) is 0 Å². The second-order valence-electron chi connectivity index (χ2n) is 6.40. The number of rotatable bonds is 4. The number of fused-ring (bicyclic) bond motifs is 1. The molecule has 0 aliphatic carbocycles. The maximum atomic E-state index is 6.08. The van der Waals surface area contributed by atoms with Gasteiger partial charge in [0.15, 0.2) is 0 Å². The number of anilines is 1. The van der Waals surface area contributed by atoms with Crippen molar-refractivity contribution >= 4 is 16.5 Å². The second kappa shape index (κ2) is 5.84. The van der Waals surface area contributed by atoms with E-state index in [0.717, 1.165) is 6.54 Å². The van der Waals surface area contributed by atoms with Gasteiger partial charge in [-0.05, 0) is 23.8 Å². The van der Waals surface area contributed by atoms with E-state index < -0.39 is 0 Å². The summed E-state index contributed by atoms with van der Waals surface area (Å²) in [5, 5.41) is 2.59. The van der Waals surface area contributed by atoms with Crippen LogP contribution in [-0.4, -0.2) is 19.1 Å². The molecule has 0 bridgehead atoms. The first-order valence-corrected chi connectivity index (χ1v) is 7.43. The highest BCUT2D eigenvalue weighted by Crippen LogP contribution is 2.32. The molecule has 0 aromatic heterocycles. The van der Waals surface area contributed by atoms with E-state index in [1.807, 2.05) is 0 Å². The largest absolute Gasteiger partial charge is 0.367 e. The Kier molecular flexibility index (Phi) is 4.34. The molecule has 2 aromatic rings. The predicted molar refractivity (Wildman–Crippen MR) is 89.3 cm³/mol.